The van der Waals surface area contributed by atoms with E-state index in [0.717, 1.165) is 5.88 Å². The van der Waals surface area contributed by atoms with Crippen molar-refractivity contribution in [3.63, 3.8) is 0 Å². The summed E-state index contributed by atoms with van der Waals surface area (Å²) in [6, 6.07) is 4.06. The van der Waals surface area contributed by atoms with Crippen LogP contribution < -0.4 is 9.47 Å². The van der Waals surface area contributed by atoms with Gasteiger partial charge in [-0.2, -0.15) is 4.98 Å². The van der Waals surface area contributed by atoms with Crippen molar-refractivity contribution in [1.82, 2.24) is 4.98 Å². The zero-order valence-electron chi connectivity index (χ0n) is 13.4. The molecular formula is C17H29NO2. The summed E-state index contributed by atoms with van der Waals surface area (Å²) in [7, 11) is 3.32. The summed E-state index contributed by atoms with van der Waals surface area (Å²) < 4.78 is 10.6. The van der Waals surface area contributed by atoms with Crippen LogP contribution in [0.15, 0.2) is 12.1 Å². The van der Waals surface area contributed by atoms with E-state index in [4.69, 9.17) is 9.47 Å². The van der Waals surface area contributed by atoms with Crippen molar-refractivity contribution in [2.24, 2.45) is 0 Å². The molecule has 1 rings (SSSR count). The normalized spacial score (nSPS) is 12.2. The van der Waals surface area contributed by atoms with E-state index < -0.39 is 0 Å². The van der Waals surface area contributed by atoms with E-state index in [1.807, 2.05) is 6.07 Å². The number of hydrogen-bond acceptors (Lipinski definition) is 3. The van der Waals surface area contributed by atoms with Gasteiger partial charge in [-0.15, -0.1) is 0 Å². The van der Waals surface area contributed by atoms with E-state index in [1.165, 1.54) is 50.5 Å². The van der Waals surface area contributed by atoms with Crippen molar-refractivity contribution in [2.75, 3.05) is 14.2 Å². The molecule has 0 amide bonds. The summed E-state index contributed by atoms with van der Waals surface area (Å²) in [6.07, 6.45) is 8.76. The molecule has 1 aromatic heterocycles. The SMILES string of the molecule is CCCCCC(CCCC)c1ccc(OC)nc1OC. The standard InChI is InChI=1S/C17H29NO2/c1-5-7-9-11-14(10-8-6-2)15-12-13-16(19-3)18-17(15)20-4/h12-14H,5-11H2,1-4H3. The van der Waals surface area contributed by atoms with E-state index in [0.29, 0.717) is 11.8 Å². The highest BCUT2D eigenvalue weighted by atomic mass is 16.5. The Bertz CT molecular complexity index is 379. The van der Waals surface area contributed by atoms with Crippen molar-refractivity contribution >= 4 is 0 Å². The molecule has 0 radical (unpaired) electrons. The number of nitrogens with zero attached hydrogens (tertiary/aromatic N) is 1. The number of hydrogen-bond donors (Lipinski definition) is 0. The molecule has 3 heteroatoms. The summed E-state index contributed by atoms with van der Waals surface area (Å²) in [4.78, 5) is 4.42. The molecule has 0 aliphatic heterocycles. The predicted octanol–water partition coefficient (Wildman–Crippen LogP) is 4.95. The van der Waals surface area contributed by atoms with Gasteiger partial charge >= 0.3 is 0 Å². The maximum atomic E-state index is 5.46. The summed E-state index contributed by atoms with van der Waals surface area (Å²) in [5.74, 6) is 1.89. The highest BCUT2D eigenvalue weighted by molar-refractivity contribution is 5.33. The molecule has 1 unspecified atom stereocenters. The molecule has 1 heterocycles. The summed E-state index contributed by atoms with van der Waals surface area (Å²) in [5, 5.41) is 0. The molecule has 0 aromatic carbocycles. The second kappa shape index (κ2) is 9.62. The Balaban J connectivity index is 2.86. The largest absolute Gasteiger partial charge is 0.481 e. The molecule has 0 spiro atoms. The minimum absolute atomic E-state index is 0.551. The van der Waals surface area contributed by atoms with Gasteiger partial charge in [0.2, 0.25) is 11.8 Å². The topological polar surface area (TPSA) is 31.4 Å². The predicted molar refractivity (Wildman–Crippen MR) is 83.7 cm³/mol. The van der Waals surface area contributed by atoms with Gasteiger partial charge in [0.15, 0.2) is 0 Å². The number of aromatic nitrogens is 1. The number of pyridine rings is 1. The van der Waals surface area contributed by atoms with Crippen LogP contribution in [0, 0.1) is 0 Å². The van der Waals surface area contributed by atoms with Crippen LogP contribution in [-0.4, -0.2) is 19.2 Å². The van der Waals surface area contributed by atoms with E-state index >= 15 is 0 Å². The Morgan fingerprint density at radius 1 is 0.950 bits per heavy atom. The Labute approximate surface area is 123 Å². The highest BCUT2D eigenvalue weighted by Gasteiger charge is 2.17. The Morgan fingerprint density at radius 2 is 1.65 bits per heavy atom. The summed E-state index contributed by atoms with van der Waals surface area (Å²) >= 11 is 0. The molecule has 20 heavy (non-hydrogen) atoms. The third kappa shape index (κ3) is 5.03. The molecule has 0 saturated heterocycles. The Kier molecular flexibility index (Phi) is 8.08. The average molecular weight is 279 g/mol. The minimum Gasteiger partial charge on any atom is -0.481 e. The number of ether oxygens (including phenoxy) is 2. The molecule has 1 atom stereocenters. The van der Waals surface area contributed by atoms with Crippen LogP contribution in [0.2, 0.25) is 0 Å². The van der Waals surface area contributed by atoms with Crippen LogP contribution >= 0.6 is 0 Å². The maximum absolute atomic E-state index is 5.46. The molecule has 0 saturated carbocycles. The van der Waals surface area contributed by atoms with Crippen LogP contribution in [0.25, 0.3) is 0 Å². The smallest absolute Gasteiger partial charge is 0.219 e. The van der Waals surface area contributed by atoms with E-state index in [2.05, 4.69) is 24.9 Å². The molecule has 1 aromatic rings. The van der Waals surface area contributed by atoms with Gasteiger partial charge in [0.05, 0.1) is 14.2 Å². The van der Waals surface area contributed by atoms with Gasteiger partial charge in [-0.25, -0.2) is 0 Å². The zero-order valence-corrected chi connectivity index (χ0v) is 13.4. The molecule has 0 bridgehead atoms. The quantitative estimate of drug-likeness (QED) is 0.568. The van der Waals surface area contributed by atoms with Gasteiger partial charge in [0.1, 0.15) is 0 Å². The fourth-order valence-electron chi connectivity index (χ4n) is 2.57. The second-order valence-corrected chi connectivity index (χ2v) is 5.29. The molecular weight excluding hydrogens is 250 g/mol. The first-order valence-electron chi connectivity index (χ1n) is 7.85. The third-order valence-corrected chi connectivity index (χ3v) is 3.77. The van der Waals surface area contributed by atoms with Crippen LogP contribution in [0.4, 0.5) is 0 Å². The molecule has 0 aliphatic carbocycles. The van der Waals surface area contributed by atoms with Crippen molar-refractivity contribution in [3.8, 4) is 11.8 Å². The van der Waals surface area contributed by atoms with Gasteiger partial charge in [-0.05, 0) is 24.8 Å². The molecule has 0 fully saturated rings. The Morgan fingerprint density at radius 3 is 2.25 bits per heavy atom. The van der Waals surface area contributed by atoms with Gasteiger partial charge in [-0.3, -0.25) is 0 Å². The maximum Gasteiger partial charge on any atom is 0.219 e. The van der Waals surface area contributed by atoms with Gasteiger partial charge < -0.3 is 9.47 Å². The molecule has 114 valence electrons. The van der Waals surface area contributed by atoms with Crippen molar-refractivity contribution in [1.29, 1.82) is 0 Å². The molecule has 0 N–H and O–H groups in total. The lowest BCUT2D eigenvalue weighted by Gasteiger charge is -2.19. The number of methoxy groups -OCH3 is 2. The van der Waals surface area contributed by atoms with Crippen LogP contribution in [0.5, 0.6) is 11.8 Å². The summed E-state index contributed by atoms with van der Waals surface area (Å²) in [6.45, 7) is 4.49. The zero-order chi connectivity index (χ0) is 14.8. The van der Waals surface area contributed by atoms with Crippen molar-refractivity contribution < 1.29 is 9.47 Å². The number of unbranched alkanes of at least 4 members (excludes halogenated alkanes) is 3. The van der Waals surface area contributed by atoms with Crippen LogP contribution in [0.3, 0.4) is 0 Å². The Hall–Kier alpha value is -1.25. The second-order valence-electron chi connectivity index (χ2n) is 5.29. The van der Waals surface area contributed by atoms with Gasteiger partial charge in [0, 0.05) is 11.6 Å². The monoisotopic (exact) mass is 279 g/mol. The van der Waals surface area contributed by atoms with Crippen molar-refractivity contribution in [2.45, 2.75) is 64.7 Å². The first-order chi connectivity index (χ1) is 9.76. The van der Waals surface area contributed by atoms with Crippen LogP contribution in [-0.2, 0) is 0 Å². The summed E-state index contributed by atoms with van der Waals surface area (Å²) in [5.41, 5.74) is 1.23. The highest BCUT2D eigenvalue weighted by Crippen LogP contribution is 2.34. The van der Waals surface area contributed by atoms with Gasteiger partial charge in [-0.1, -0.05) is 46.0 Å². The lowest BCUT2D eigenvalue weighted by Crippen LogP contribution is -2.04. The van der Waals surface area contributed by atoms with Crippen molar-refractivity contribution in [3.05, 3.63) is 17.7 Å². The molecule has 0 aliphatic rings. The lowest BCUT2D eigenvalue weighted by molar-refractivity contribution is 0.355. The fraction of sp³-hybridized carbons (Fsp3) is 0.706. The van der Waals surface area contributed by atoms with E-state index in [-0.39, 0.29) is 0 Å². The first kappa shape index (κ1) is 16.8. The van der Waals surface area contributed by atoms with Crippen LogP contribution in [0.1, 0.15) is 70.3 Å². The lowest BCUT2D eigenvalue weighted by atomic mass is 9.89. The first-order valence-corrected chi connectivity index (χ1v) is 7.85. The van der Waals surface area contributed by atoms with Gasteiger partial charge in [0.25, 0.3) is 0 Å². The van der Waals surface area contributed by atoms with E-state index in [1.54, 1.807) is 14.2 Å². The fourth-order valence-corrected chi connectivity index (χ4v) is 2.57. The molecule has 3 nitrogen and oxygen atoms in total. The average Bonchev–Trinajstić information content (AvgIpc) is 2.50. The third-order valence-electron chi connectivity index (χ3n) is 3.77. The van der Waals surface area contributed by atoms with E-state index in [9.17, 15) is 0 Å². The number of rotatable bonds is 10. The minimum atomic E-state index is 0.551.